The lowest BCUT2D eigenvalue weighted by molar-refractivity contribution is 0.743. The fourth-order valence-corrected chi connectivity index (χ4v) is 1.48. The molecule has 4 heteroatoms. The molecule has 0 atom stereocenters. The van der Waals surface area contributed by atoms with Crippen molar-refractivity contribution in [3.63, 3.8) is 0 Å². The molecule has 1 aliphatic rings. The molecule has 0 spiro atoms. The Labute approximate surface area is 83.8 Å². The summed E-state index contributed by atoms with van der Waals surface area (Å²) in [7, 11) is 0. The Morgan fingerprint density at radius 3 is 2.43 bits per heavy atom. The first kappa shape index (κ1) is 10.3. The Morgan fingerprint density at radius 1 is 1.29 bits per heavy atom. The summed E-state index contributed by atoms with van der Waals surface area (Å²) >= 11 is 0. The van der Waals surface area contributed by atoms with Crippen LogP contribution in [0.25, 0.3) is 9.69 Å². The van der Waals surface area contributed by atoms with Gasteiger partial charge in [-0.1, -0.05) is 26.0 Å². The Kier molecular flexibility index (Phi) is 3.69. The first-order valence-electron chi connectivity index (χ1n) is 4.56. The van der Waals surface area contributed by atoms with Crippen LogP contribution < -0.4 is 5.73 Å². The molecule has 0 saturated heterocycles. The van der Waals surface area contributed by atoms with Crippen molar-refractivity contribution < 1.29 is 0 Å². The summed E-state index contributed by atoms with van der Waals surface area (Å²) in [5.41, 5.74) is 5.31. The Morgan fingerprint density at radius 2 is 1.93 bits per heavy atom. The normalized spacial score (nSPS) is 19.0. The summed E-state index contributed by atoms with van der Waals surface area (Å²) in [5.74, 6) is 0.367. The maximum absolute atomic E-state index is 6.80. The third-order valence-electron chi connectivity index (χ3n) is 2.26. The van der Waals surface area contributed by atoms with E-state index in [4.69, 9.17) is 18.9 Å². The van der Waals surface area contributed by atoms with Crippen LogP contribution in [0, 0.1) is 19.1 Å². The van der Waals surface area contributed by atoms with E-state index in [9.17, 15) is 0 Å². The largest absolute Gasteiger partial charge is 0.374 e. The highest BCUT2D eigenvalue weighted by Gasteiger charge is 2.14. The van der Waals surface area contributed by atoms with Crippen LogP contribution in [0.2, 0.25) is 0 Å². The van der Waals surface area contributed by atoms with Gasteiger partial charge in [0.15, 0.2) is 0 Å². The third-order valence-corrected chi connectivity index (χ3v) is 2.26. The molecule has 0 unspecified atom stereocenters. The first-order chi connectivity index (χ1) is 6.77. The molecule has 0 amide bonds. The number of nitrogens with zero attached hydrogens (tertiary/aromatic N) is 3. The van der Waals surface area contributed by atoms with Gasteiger partial charge in [-0.15, -0.1) is 4.99 Å². The first-order valence-corrected chi connectivity index (χ1v) is 4.56. The highest BCUT2D eigenvalue weighted by molar-refractivity contribution is 5.63. The summed E-state index contributed by atoms with van der Waals surface area (Å²) in [6, 6.07) is 0. The van der Waals surface area contributed by atoms with Gasteiger partial charge in [0.2, 0.25) is 5.82 Å². The van der Waals surface area contributed by atoms with E-state index < -0.39 is 0 Å². The zero-order valence-electron chi connectivity index (χ0n) is 7.90. The molecule has 0 radical (unpaired) electrons. The lowest BCUT2D eigenvalue weighted by Crippen LogP contribution is -1.97. The molecule has 0 aromatic rings. The fraction of sp³-hybridized carbons (Fsp3) is 0.500. The van der Waals surface area contributed by atoms with E-state index in [-0.39, 0.29) is 11.6 Å². The molecule has 0 bridgehead atoms. The molecule has 1 fully saturated rings. The average Bonchev–Trinajstić information content (AvgIpc) is 2.71. The molecule has 0 aliphatic heterocycles. The van der Waals surface area contributed by atoms with Crippen LogP contribution in [-0.2, 0) is 0 Å². The van der Waals surface area contributed by atoms with Crippen LogP contribution in [0.3, 0.4) is 0 Å². The second-order valence-corrected chi connectivity index (χ2v) is 3.26. The van der Waals surface area contributed by atoms with Gasteiger partial charge >= 0.3 is 0 Å². The average molecular weight is 188 g/mol. The van der Waals surface area contributed by atoms with E-state index in [0.717, 1.165) is 12.8 Å². The van der Waals surface area contributed by atoms with Crippen LogP contribution in [0.4, 0.5) is 0 Å². The zero-order valence-corrected chi connectivity index (χ0v) is 7.90. The van der Waals surface area contributed by atoms with E-state index in [2.05, 4.69) is 14.7 Å². The summed E-state index contributed by atoms with van der Waals surface area (Å²) in [4.78, 5) is 10.1. The molecule has 1 aliphatic carbocycles. The Hall–Kier alpha value is -1.81. The van der Waals surface area contributed by atoms with E-state index in [1.54, 1.807) is 6.21 Å². The molecular weight excluding hydrogens is 176 g/mol. The fourth-order valence-electron chi connectivity index (χ4n) is 1.48. The Balaban J connectivity index is 2.67. The van der Waals surface area contributed by atoms with Crippen molar-refractivity contribution in [3.05, 3.63) is 34.5 Å². The maximum Gasteiger partial charge on any atom is 0.288 e. The van der Waals surface area contributed by atoms with Crippen LogP contribution >= 0.6 is 0 Å². The molecular formula is C10H12N4. The maximum atomic E-state index is 6.80. The second kappa shape index (κ2) is 5.04. The van der Waals surface area contributed by atoms with E-state index >= 15 is 0 Å². The molecule has 0 aromatic carbocycles. The topological polar surface area (TPSA) is 47.1 Å². The summed E-state index contributed by atoms with van der Waals surface area (Å²) in [6.45, 7) is 13.5. The highest BCUT2D eigenvalue weighted by Crippen LogP contribution is 2.23. The quantitative estimate of drug-likeness (QED) is 0.524. The van der Waals surface area contributed by atoms with Crippen molar-refractivity contribution in [2.45, 2.75) is 25.7 Å². The number of rotatable bonds is 2. The smallest absolute Gasteiger partial charge is 0.288 e. The van der Waals surface area contributed by atoms with Gasteiger partial charge in [-0.25, -0.2) is 0 Å². The number of nitrogens with two attached hydrogens (primary N) is 1. The molecule has 4 nitrogen and oxygen atoms in total. The van der Waals surface area contributed by atoms with Crippen LogP contribution in [0.5, 0.6) is 0 Å². The molecule has 1 rings (SSSR count). The van der Waals surface area contributed by atoms with Gasteiger partial charge in [0.25, 0.3) is 5.82 Å². The van der Waals surface area contributed by atoms with Gasteiger partial charge < -0.3 is 15.4 Å². The van der Waals surface area contributed by atoms with Crippen molar-refractivity contribution in [1.82, 2.24) is 0 Å². The van der Waals surface area contributed by atoms with E-state index in [1.165, 1.54) is 12.8 Å². The summed E-state index contributed by atoms with van der Waals surface area (Å²) < 4.78 is 0. The molecule has 2 N–H and O–H groups in total. The molecule has 14 heavy (non-hydrogen) atoms. The highest BCUT2D eigenvalue weighted by atomic mass is 15.0. The number of aliphatic imine (C=N–C) groups is 1. The minimum Gasteiger partial charge on any atom is -0.374 e. The van der Waals surface area contributed by atoms with Crippen LogP contribution in [-0.4, -0.2) is 6.21 Å². The van der Waals surface area contributed by atoms with E-state index in [1.807, 2.05) is 0 Å². The molecule has 72 valence electrons. The van der Waals surface area contributed by atoms with Crippen molar-refractivity contribution in [1.29, 1.82) is 0 Å². The number of hydrogen-bond donors (Lipinski definition) is 1. The standard InChI is InChI=1S/C10H12N4/c1-12-9(11)10(13-2)14-7-8-5-3-4-6-8/h7-8H,3-6,11H2/b10-9+,14-7?. The van der Waals surface area contributed by atoms with Gasteiger partial charge in [0.05, 0.1) is 6.21 Å². The van der Waals surface area contributed by atoms with Crippen molar-refractivity contribution in [2.75, 3.05) is 0 Å². The molecule has 0 aromatic heterocycles. The SMILES string of the molecule is [C-]#[N+]/C(N)=C(/N=CC1CCCC1)[N+]#[C-]. The van der Waals surface area contributed by atoms with Gasteiger partial charge in [-0.2, -0.15) is 0 Å². The van der Waals surface area contributed by atoms with Gasteiger partial charge in [0.1, 0.15) is 0 Å². The third kappa shape index (κ3) is 2.60. The number of hydrogen-bond acceptors (Lipinski definition) is 2. The van der Waals surface area contributed by atoms with Crippen molar-refractivity contribution in [3.8, 4) is 0 Å². The zero-order chi connectivity index (χ0) is 10.4. The van der Waals surface area contributed by atoms with Crippen LogP contribution in [0.1, 0.15) is 25.7 Å². The predicted molar refractivity (Wildman–Crippen MR) is 54.9 cm³/mol. The lowest BCUT2D eigenvalue weighted by atomic mass is 10.1. The monoisotopic (exact) mass is 188 g/mol. The van der Waals surface area contributed by atoms with Gasteiger partial charge in [-0.05, 0) is 12.8 Å². The summed E-state index contributed by atoms with van der Waals surface area (Å²) in [5, 5.41) is 0. The Bertz CT molecular complexity index is 334. The minimum absolute atomic E-state index is 0.0203. The minimum atomic E-state index is -0.116. The van der Waals surface area contributed by atoms with Crippen LogP contribution in [0.15, 0.2) is 16.6 Å². The van der Waals surface area contributed by atoms with Gasteiger partial charge in [-0.3, -0.25) is 0 Å². The predicted octanol–water partition coefficient (Wildman–Crippen LogP) is 2.17. The van der Waals surface area contributed by atoms with Gasteiger partial charge in [0, 0.05) is 5.92 Å². The summed E-state index contributed by atoms with van der Waals surface area (Å²) in [6.07, 6.45) is 6.48. The van der Waals surface area contributed by atoms with E-state index in [0.29, 0.717) is 5.92 Å². The lowest BCUT2D eigenvalue weighted by Gasteiger charge is -1.96. The molecule has 0 heterocycles. The molecule has 1 saturated carbocycles. The van der Waals surface area contributed by atoms with Crippen molar-refractivity contribution >= 4 is 6.21 Å². The second-order valence-electron chi connectivity index (χ2n) is 3.26. The van der Waals surface area contributed by atoms with Crippen molar-refractivity contribution in [2.24, 2.45) is 16.6 Å².